The first-order chi connectivity index (χ1) is 14.4. The van der Waals surface area contributed by atoms with Crippen molar-refractivity contribution in [1.82, 2.24) is 15.0 Å². The highest BCUT2D eigenvalue weighted by Crippen LogP contribution is 2.21. The zero-order valence-electron chi connectivity index (χ0n) is 16.4. The zero-order chi connectivity index (χ0) is 21.7. The van der Waals surface area contributed by atoms with Gasteiger partial charge in [0.1, 0.15) is 5.69 Å². The first-order valence-electron chi connectivity index (χ1n) is 9.08. The monoisotopic (exact) mass is 426 g/mol. The average molecular weight is 427 g/mol. The molecule has 0 atom stereocenters. The number of methoxy groups -OCH3 is 1. The highest BCUT2D eigenvalue weighted by Gasteiger charge is 2.14. The van der Waals surface area contributed by atoms with Crippen LogP contribution in [0.3, 0.4) is 0 Å². The lowest BCUT2D eigenvalue weighted by Gasteiger charge is -2.09. The fraction of sp³-hybridized carbons (Fsp3) is 0.190. The third-order valence-corrected chi connectivity index (χ3v) is 4.72. The number of aromatic nitrogens is 3. The summed E-state index contributed by atoms with van der Waals surface area (Å²) in [7, 11) is 1.25. The summed E-state index contributed by atoms with van der Waals surface area (Å²) >= 11 is 5.98. The van der Waals surface area contributed by atoms with Crippen LogP contribution in [0.2, 0.25) is 5.02 Å². The number of benzene rings is 1. The van der Waals surface area contributed by atoms with Crippen LogP contribution in [0.5, 0.6) is 0 Å². The minimum absolute atomic E-state index is 0.0602. The minimum Gasteiger partial charge on any atom is -0.465 e. The summed E-state index contributed by atoms with van der Waals surface area (Å²) in [6.45, 7) is 1.72. The number of H-pyrrole nitrogens is 1. The molecule has 1 aromatic carbocycles. The van der Waals surface area contributed by atoms with Gasteiger partial charge in [0, 0.05) is 29.6 Å². The Labute approximate surface area is 177 Å². The molecule has 8 nitrogen and oxygen atoms in total. The molecule has 0 spiro atoms. The van der Waals surface area contributed by atoms with Gasteiger partial charge in [0.25, 0.3) is 5.56 Å². The number of ether oxygens (including phenoxy) is 1. The van der Waals surface area contributed by atoms with Crippen LogP contribution in [-0.4, -0.2) is 33.9 Å². The molecule has 0 radical (unpaired) electrons. The maximum absolute atomic E-state index is 12.5. The Balaban J connectivity index is 1.69. The van der Waals surface area contributed by atoms with Crippen LogP contribution in [-0.2, 0) is 16.0 Å². The van der Waals surface area contributed by atoms with E-state index in [4.69, 9.17) is 11.6 Å². The van der Waals surface area contributed by atoms with E-state index >= 15 is 0 Å². The Kier molecular flexibility index (Phi) is 6.58. The normalized spacial score (nSPS) is 10.5. The number of carbonyl (C=O) groups is 2. The van der Waals surface area contributed by atoms with Crippen LogP contribution in [0.1, 0.15) is 28.0 Å². The van der Waals surface area contributed by atoms with E-state index in [0.717, 1.165) is 0 Å². The Hall–Kier alpha value is -3.52. The Morgan fingerprint density at radius 3 is 2.70 bits per heavy atom. The van der Waals surface area contributed by atoms with Gasteiger partial charge in [-0.25, -0.2) is 9.78 Å². The second-order valence-electron chi connectivity index (χ2n) is 6.43. The van der Waals surface area contributed by atoms with Crippen LogP contribution in [0.15, 0.2) is 47.4 Å². The quantitative estimate of drug-likeness (QED) is 0.585. The molecule has 0 unspecified atom stereocenters. The Morgan fingerprint density at radius 1 is 1.23 bits per heavy atom. The maximum atomic E-state index is 12.5. The van der Waals surface area contributed by atoms with Crippen LogP contribution in [0.4, 0.5) is 5.69 Å². The molecular weight excluding hydrogens is 408 g/mol. The smallest absolute Gasteiger partial charge is 0.339 e. The molecule has 0 aliphatic carbocycles. The third-order valence-electron chi connectivity index (χ3n) is 4.39. The van der Waals surface area contributed by atoms with E-state index in [1.807, 2.05) is 0 Å². The molecule has 0 aliphatic heterocycles. The maximum Gasteiger partial charge on any atom is 0.339 e. The number of hydrogen-bond donors (Lipinski definition) is 2. The number of esters is 1. The summed E-state index contributed by atoms with van der Waals surface area (Å²) in [5.74, 6) is -0.541. The van der Waals surface area contributed by atoms with Gasteiger partial charge in [0.15, 0.2) is 5.82 Å². The van der Waals surface area contributed by atoms with Gasteiger partial charge in [0.05, 0.1) is 17.7 Å². The molecule has 30 heavy (non-hydrogen) atoms. The van der Waals surface area contributed by atoms with E-state index in [0.29, 0.717) is 28.5 Å². The summed E-state index contributed by atoms with van der Waals surface area (Å²) in [6, 6.07) is 9.84. The number of rotatable bonds is 6. The number of carbonyl (C=O) groups excluding carboxylic acids is 2. The van der Waals surface area contributed by atoms with Gasteiger partial charge in [0.2, 0.25) is 5.91 Å². The number of amides is 1. The van der Waals surface area contributed by atoms with Crippen molar-refractivity contribution in [1.29, 1.82) is 0 Å². The molecule has 154 valence electrons. The number of hydrogen-bond acceptors (Lipinski definition) is 6. The van der Waals surface area contributed by atoms with E-state index in [1.54, 1.807) is 37.4 Å². The average Bonchev–Trinajstić information content (AvgIpc) is 2.74. The highest BCUT2D eigenvalue weighted by atomic mass is 35.5. The van der Waals surface area contributed by atoms with E-state index in [-0.39, 0.29) is 34.9 Å². The highest BCUT2D eigenvalue weighted by molar-refractivity contribution is 6.33. The molecule has 1 amide bonds. The first-order valence-corrected chi connectivity index (χ1v) is 9.45. The zero-order valence-corrected chi connectivity index (χ0v) is 17.1. The van der Waals surface area contributed by atoms with Gasteiger partial charge >= 0.3 is 5.97 Å². The van der Waals surface area contributed by atoms with Crippen molar-refractivity contribution in [2.24, 2.45) is 0 Å². The van der Waals surface area contributed by atoms with Crippen molar-refractivity contribution in [3.63, 3.8) is 0 Å². The molecule has 0 saturated carbocycles. The second-order valence-corrected chi connectivity index (χ2v) is 6.84. The van der Waals surface area contributed by atoms with E-state index in [9.17, 15) is 14.4 Å². The molecule has 0 fully saturated rings. The molecule has 0 bridgehead atoms. The van der Waals surface area contributed by atoms with Crippen molar-refractivity contribution in [3.8, 4) is 11.5 Å². The molecule has 3 aromatic rings. The molecular formula is C21H19ClN4O4. The number of aromatic amines is 1. The van der Waals surface area contributed by atoms with Gasteiger partial charge in [-0.1, -0.05) is 17.7 Å². The summed E-state index contributed by atoms with van der Waals surface area (Å²) < 4.78 is 4.66. The standard InChI is InChI=1S/C21H19ClN4O4/c1-12-14(20(28)26-19(24-12)17-5-3-4-10-23-17)7-9-18(27)25-13-6-8-16(22)15(11-13)21(29)30-2/h3-6,8,10-11H,7,9H2,1-2H3,(H,25,27)(H,24,26,28). The fourth-order valence-electron chi connectivity index (χ4n) is 2.86. The predicted molar refractivity (Wildman–Crippen MR) is 113 cm³/mol. The van der Waals surface area contributed by atoms with E-state index in [1.165, 1.54) is 19.2 Å². The van der Waals surface area contributed by atoms with Crippen LogP contribution >= 0.6 is 11.6 Å². The summed E-state index contributed by atoms with van der Waals surface area (Å²) in [5, 5.41) is 2.91. The molecule has 0 saturated heterocycles. The Morgan fingerprint density at radius 2 is 2.03 bits per heavy atom. The topological polar surface area (TPSA) is 114 Å². The number of pyridine rings is 1. The van der Waals surface area contributed by atoms with Crippen molar-refractivity contribution in [3.05, 3.63) is 74.8 Å². The molecule has 3 rings (SSSR count). The lowest BCUT2D eigenvalue weighted by atomic mass is 10.1. The molecule has 9 heteroatoms. The molecule has 0 aliphatic rings. The molecule has 2 heterocycles. The van der Waals surface area contributed by atoms with Crippen LogP contribution in [0.25, 0.3) is 11.5 Å². The lowest BCUT2D eigenvalue weighted by Crippen LogP contribution is -2.20. The van der Waals surface area contributed by atoms with Gasteiger partial charge < -0.3 is 15.0 Å². The number of nitrogens with one attached hydrogen (secondary N) is 2. The predicted octanol–water partition coefficient (Wildman–Crippen LogP) is 3.15. The number of aryl methyl sites for hydroxylation is 1. The van der Waals surface area contributed by atoms with Gasteiger partial charge in [-0.05, 0) is 43.7 Å². The SMILES string of the molecule is COC(=O)c1cc(NC(=O)CCc2c(C)nc(-c3ccccn3)[nH]c2=O)ccc1Cl. The number of anilines is 1. The minimum atomic E-state index is -0.600. The van der Waals surface area contributed by atoms with E-state index < -0.39 is 5.97 Å². The summed E-state index contributed by atoms with van der Waals surface area (Å²) in [5.41, 5.74) is 1.77. The van der Waals surface area contributed by atoms with Crippen molar-refractivity contribution in [2.45, 2.75) is 19.8 Å². The van der Waals surface area contributed by atoms with Crippen LogP contribution < -0.4 is 10.9 Å². The summed E-state index contributed by atoms with van der Waals surface area (Å²) in [6.07, 6.45) is 1.88. The van der Waals surface area contributed by atoms with E-state index in [2.05, 4.69) is 25.0 Å². The van der Waals surface area contributed by atoms with Crippen molar-refractivity contribution in [2.75, 3.05) is 12.4 Å². The van der Waals surface area contributed by atoms with Gasteiger partial charge in [-0.15, -0.1) is 0 Å². The fourth-order valence-corrected chi connectivity index (χ4v) is 3.06. The molecule has 2 aromatic heterocycles. The van der Waals surface area contributed by atoms with Gasteiger partial charge in [-0.2, -0.15) is 0 Å². The second kappa shape index (κ2) is 9.32. The summed E-state index contributed by atoms with van der Waals surface area (Å²) in [4.78, 5) is 47.8. The van der Waals surface area contributed by atoms with Gasteiger partial charge in [-0.3, -0.25) is 14.6 Å². The number of halogens is 1. The number of nitrogens with zero attached hydrogens (tertiary/aromatic N) is 2. The molecule has 2 N–H and O–H groups in total. The first kappa shape index (κ1) is 21.2. The van der Waals surface area contributed by atoms with Crippen LogP contribution in [0, 0.1) is 6.92 Å². The Bertz CT molecular complexity index is 1150. The van der Waals surface area contributed by atoms with Crippen molar-refractivity contribution >= 4 is 29.2 Å². The largest absolute Gasteiger partial charge is 0.465 e. The lowest BCUT2D eigenvalue weighted by molar-refractivity contribution is -0.116. The third kappa shape index (κ3) is 4.90. The van der Waals surface area contributed by atoms with Crippen molar-refractivity contribution < 1.29 is 14.3 Å².